The number of alkyl halides is 3. The number of carboxylic acids is 1. The Bertz CT molecular complexity index is 1500. The SMILES string of the molecule is O=C(O)c1ccccc1C(=O)N(C1CC1)[C@H]1c2ccccc2N(C(=O)c2ccc(OC(F)(F)F)cc2)[C@H]2CCC[C@H]21. The highest BCUT2D eigenvalue weighted by molar-refractivity contribution is 6.08. The summed E-state index contributed by atoms with van der Waals surface area (Å²) < 4.78 is 41.9. The van der Waals surface area contributed by atoms with Crippen molar-refractivity contribution >= 4 is 23.5 Å². The molecule has 3 atom stereocenters. The number of aromatic carboxylic acids is 1. The molecular weight excluding hydrogens is 537 g/mol. The number of benzene rings is 3. The number of rotatable bonds is 6. The molecule has 2 aliphatic carbocycles. The van der Waals surface area contributed by atoms with Gasteiger partial charge in [0.1, 0.15) is 5.75 Å². The number of hydrogen-bond donors (Lipinski definition) is 1. The normalized spacial score (nSPS) is 21.5. The Morgan fingerprint density at radius 2 is 1.51 bits per heavy atom. The summed E-state index contributed by atoms with van der Waals surface area (Å²) in [6.45, 7) is 0. The summed E-state index contributed by atoms with van der Waals surface area (Å²) >= 11 is 0. The summed E-state index contributed by atoms with van der Waals surface area (Å²) in [6, 6.07) is 17.9. The lowest BCUT2D eigenvalue weighted by Crippen LogP contribution is -2.53. The Kier molecular flexibility index (Phi) is 6.71. The second-order valence-corrected chi connectivity index (χ2v) is 10.7. The van der Waals surface area contributed by atoms with E-state index >= 15 is 0 Å². The Morgan fingerprint density at radius 3 is 2.17 bits per heavy atom. The summed E-state index contributed by atoms with van der Waals surface area (Å²) in [6.07, 6.45) is -0.907. The largest absolute Gasteiger partial charge is 0.573 e. The minimum absolute atomic E-state index is 0.0351. The predicted molar refractivity (Wildman–Crippen MR) is 143 cm³/mol. The zero-order chi connectivity index (χ0) is 28.9. The van der Waals surface area contributed by atoms with Crippen LogP contribution in [-0.4, -0.2) is 46.2 Å². The number of carbonyl (C=O) groups is 3. The lowest BCUT2D eigenvalue weighted by molar-refractivity contribution is -0.274. The second-order valence-electron chi connectivity index (χ2n) is 10.7. The van der Waals surface area contributed by atoms with Crippen LogP contribution in [0.4, 0.5) is 18.9 Å². The predicted octanol–water partition coefficient (Wildman–Crippen LogP) is 6.46. The molecule has 0 unspecified atom stereocenters. The van der Waals surface area contributed by atoms with Crippen molar-refractivity contribution in [3.05, 3.63) is 95.1 Å². The summed E-state index contributed by atoms with van der Waals surface area (Å²) in [7, 11) is 0. The van der Waals surface area contributed by atoms with Crippen molar-refractivity contribution in [2.75, 3.05) is 4.90 Å². The lowest BCUT2D eigenvalue weighted by Gasteiger charge is -2.48. The summed E-state index contributed by atoms with van der Waals surface area (Å²) in [5.41, 5.74) is 1.76. The van der Waals surface area contributed by atoms with Gasteiger partial charge in [-0.05, 0) is 73.7 Å². The van der Waals surface area contributed by atoms with E-state index in [4.69, 9.17) is 0 Å². The van der Waals surface area contributed by atoms with Crippen molar-refractivity contribution in [3.63, 3.8) is 0 Å². The van der Waals surface area contributed by atoms with Crippen LogP contribution in [0.3, 0.4) is 0 Å². The molecule has 0 saturated heterocycles. The number of fused-ring (bicyclic) bond motifs is 2. The van der Waals surface area contributed by atoms with Gasteiger partial charge in [0, 0.05) is 29.3 Å². The third kappa shape index (κ3) is 5.03. The molecule has 10 heteroatoms. The van der Waals surface area contributed by atoms with E-state index in [9.17, 15) is 32.7 Å². The molecule has 0 bridgehead atoms. The van der Waals surface area contributed by atoms with Crippen molar-refractivity contribution in [1.29, 1.82) is 0 Å². The molecule has 1 heterocycles. The number of nitrogens with zero attached hydrogens (tertiary/aromatic N) is 2. The van der Waals surface area contributed by atoms with Gasteiger partial charge in [-0.3, -0.25) is 9.59 Å². The van der Waals surface area contributed by atoms with E-state index in [0.29, 0.717) is 12.1 Å². The molecule has 0 aromatic heterocycles. The van der Waals surface area contributed by atoms with Crippen LogP contribution in [0.5, 0.6) is 5.75 Å². The molecule has 7 nitrogen and oxygen atoms in total. The Balaban J connectivity index is 1.39. The Hall–Kier alpha value is -4.34. The van der Waals surface area contributed by atoms with E-state index in [0.717, 1.165) is 43.4 Å². The fourth-order valence-electron chi connectivity index (χ4n) is 6.45. The van der Waals surface area contributed by atoms with Crippen LogP contribution in [0.1, 0.15) is 74.8 Å². The van der Waals surface area contributed by atoms with Gasteiger partial charge >= 0.3 is 12.3 Å². The second kappa shape index (κ2) is 10.2. The van der Waals surface area contributed by atoms with Crippen LogP contribution >= 0.6 is 0 Å². The molecule has 0 spiro atoms. The van der Waals surface area contributed by atoms with E-state index < -0.39 is 18.1 Å². The molecule has 3 aromatic rings. The summed E-state index contributed by atoms with van der Waals surface area (Å²) in [5, 5.41) is 9.77. The number of carbonyl (C=O) groups excluding carboxylic acids is 2. The lowest BCUT2D eigenvalue weighted by atomic mass is 9.81. The first-order valence-corrected chi connectivity index (χ1v) is 13.6. The molecule has 41 heavy (non-hydrogen) atoms. The number of carboxylic acid groups (broad SMARTS) is 1. The zero-order valence-electron chi connectivity index (χ0n) is 21.9. The van der Waals surface area contributed by atoms with E-state index in [-0.39, 0.29) is 52.5 Å². The molecule has 1 aliphatic heterocycles. The molecule has 2 saturated carbocycles. The number of halogens is 3. The highest BCUT2D eigenvalue weighted by Crippen LogP contribution is 2.53. The average molecular weight is 565 g/mol. The van der Waals surface area contributed by atoms with Gasteiger partial charge in [-0.2, -0.15) is 0 Å². The van der Waals surface area contributed by atoms with Gasteiger partial charge in [-0.1, -0.05) is 36.8 Å². The van der Waals surface area contributed by atoms with Crippen molar-refractivity contribution in [3.8, 4) is 5.75 Å². The monoisotopic (exact) mass is 564 g/mol. The Morgan fingerprint density at radius 1 is 0.854 bits per heavy atom. The molecule has 212 valence electrons. The van der Waals surface area contributed by atoms with Crippen LogP contribution in [0.2, 0.25) is 0 Å². The summed E-state index contributed by atoms with van der Waals surface area (Å²) in [5.74, 6) is -2.35. The zero-order valence-corrected chi connectivity index (χ0v) is 21.9. The van der Waals surface area contributed by atoms with E-state index in [2.05, 4.69) is 4.74 Å². The molecule has 2 fully saturated rings. The third-order valence-corrected chi connectivity index (χ3v) is 8.20. The van der Waals surface area contributed by atoms with Crippen molar-refractivity contribution < 1.29 is 37.4 Å². The highest BCUT2D eigenvalue weighted by Gasteiger charge is 2.51. The maximum Gasteiger partial charge on any atom is 0.573 e. The topological polar surface area (TPSA) is 87.2 Å². The maximum absolute atomic E-state index is 14.1. The minimum Gasteiger partial charge on any atom is -0.478 e. The van der Waals surface area contributed by atoms with Gasteiger partial charge in [0.2, 0.25) is 0 Å². The van der Waals surface area contributed by atoms with Gasteiger partial charge in [-0.25, -0.2) is 4.79 Å². The third-order valence-electron chi connectivity index (χ3n) is 8.20. The Labute approximate surface area is 234 Å². The minimum atomic E-state index is -4.83. The van der Waals surface area contributed by atoms with E-state index in [1.54, 1.807) is 23.1 Å². The van der Waals surface area contributed by atoms with Crippen LogP contribution in [0.25, 0.3) is 0 Å². The van der Waals surface area contributed by atoms with Crippen molar-refractivity contribution in [2.45, 2.75) is 56.6 Å². The van der Waals surface area contributed by atoms with E-state index in [1.807, 2.05) is 29.2 Å². The fraction of sp³-hybridized carbons (Fsp3) is 0.323. The summed E-state index contributed by atoms with van der Waals surface area (Å²) in [4.78, 5) is 43.5. The molecule has 3 aliphatic rings. The van der Waals surface area contributed by atoms with Gasteiger partial charge < -0.3 is 19.6 Å². The van der Waals surface area contributed by atoms with Gasteiger partial charge in [0.15, 0.2) is 0 Å². The van der Waals surface area contributed by atoms with Crippen molar-refractivity contribution in [1.82, 2.24) is 4.90 Å². The molecular formula is C31H27F3N2O5. The maximum atomic E-state index is 14.1. The van der Waals surface area contributed by atoms with E-state index in [1.165, 1.54) is 18.2 Å². The first-order valence-electron chi connectivity index (χ1n) is 13.6. The quantitative estimate of drug-likeness (QED) is 0.372. The number of hydrogen-bond acceptors (Lipinski definition) is 4. The number of amides is 2. The molecule has 0 radical (unpaired) electrons. The standard InChI is InChI=1S/C31H27F3N2O5/c32-31(33,34)41-20-16-12-18(13-17-20)28(37)36-25-10-4-3-8-23(25)27(24-9-5-11-26(24)36)35(19-14-15-19)29(38)21-6-1-2-7-22(21)30(39)40/h1-4,6-8,10,12-13,16-17,19,24,26-27H,5,9,11,14-15H2,(H,39,40)/t24-,26+,27+/m1/s1. The van der Waals surface area contributed by atoms with Gasteiger partial charge in [0.25, 0.3) is 11.8 Å². The van der Waals surface area contributed by atoms with Crippen molar-refractivity contribution in [2.24, 2.45) is 5.92 Å². The first-order chi connectivity index (χ1) is 19.6. The number of para-hydroxylation sites is 1. The van der Waals surface area contributed by atoms with Crippen LogP contribution in [0.15, 0.2) is 72.8 Å². The van der Waals surface area contributed by atoms with Gasteiger partial charge in [-0.15, -0.1) is 13.2 Å². The molecule has 2 amide bonds. The smallest absolute Gasteiger partial charge is 0.478 e. The molecule has 3 aromatic carbocycles. The van der Waals surface area contributed by atoms with Crippen LogP contribution in [-0.2, 0) is 0 Å². The first kappa shape index (κ1) is 26.9. The highest BCUT2D eigenvalue weighted by atomic mass is 19.4. The van der Waals surface area contributed by atoms with Gasteiger partial charge in [0.05, 0.1) is 17.2 Å². The van der Waals surface area contributed by atoms with Crippen LogP contribution in [0, 0.1) is 5.92 Å². The van der Waals surface area contributed by atoms with Crippen LogP contribution < -0.4 is 9.64 Å². The number of anilines is 1. The molecule has 6 rings (SSSR count). The fourth-order valence-corrected chi connectivity index (χ4v) is 6.45. The molecule has 1 N–H and O–H groups in total. The number of ether oxygens (including phenoxy) is 1. The average Bonchev–Trinajstić information content (AvgIpc) is 3.67.